The van der Waals surface area contributed by atoms with E-state index >= 15 is 0 Å². The molecule has 5 nitrogen and oxygen atoms in total. The Hall–Kier alpha value is -2.16. The molecule has 0 heterocycles. The molecule has 2 aromatic carbocycles. The summed E-state index contributed by atoms with van der Waals surface area (Å²) in [6.07, 6.45) is 0.736. The SMILES string of the molecule is Cc1cc(F)ccc1CCNC(=NCc1ccccc1)NCC(=O)N(C)C.I. The zero-order chi connectivity index (χ0) is 19.6. The topological polar surface area (TPSA) is 56.7 Å². The van der Waals surface area contributed by atoms with E-state index in [0.29, 0.717) is 19.0 Å². The van der Waals surface area contributed by atoms with Crippen molar-refractivity contribution in [1.82, 2.24) is 15.5 Å². The average Bonchev–Trinajstić information content (AvgIpc) is 2.65. The lowest BCUT2D eigenvalue weighted by molar-refractivity contribution is -0.127. The van der Waals surface area contributed by atoms with Crippen LogP contribution in [-0.4, -0.2) is 44.0 Å². The lowest BCUT2D eigenvalue weighted by Gasteiger charge is -2.15. The summed E-state index contributed by atoms with van der Waals surface area (Å²) in [5.74, 6) is 0.325. The summed E-state index contributed by atoms with van der Waals surface area (Å²) in [6.45, 7) is 3.21. The number of hydrogen-bond donors (Lipinski definition) is 2. The van der Waals surface area contributed by atoms with Crippen LogP contribution in [0.25, 0.3) is 0 Å². The molecule has 0 saturated carbocycles. The predicted octanol–water partition coefficient (Wildman–Crippen LogP) is 3.12. The van der Waals surface area contributed by atoms with Crippen LogP contribution in [0.3, 0.4) is 0 Å². The standard InChI is InChI=1S/C21H27FN4O.HI/c1-16-13-19(22)10-9-18(16)11-12-23-21(25-15-20(27)26(2)3)24-14-17-7-5-4-6-8-17;/h4-10,13H,11-12,14-15H2,1-3H3,(H2,23,24,25);1H. The number of nitrogens with zero attached hydrogens (tertiary/aromatic N) is 2. The Morgan fingerprint density at radius 2 is 1.82 bits per heavy atom. The highest BCUT2D eigenvalue weighted by Crippen LogP contribution is 2.10. The number of nitrogens with one attached hydrogen (secondary N) is 2. The van der Waals surface area contributed by atoms with Gasteiger partial charge in [0.15, 0.2) is 5.96 Å². The van der Waals surface area contributed by atoms with Gasteiger partial charge in [-0.2, -0.15) is 0 Å². The second-order valence-electron chi connectivity index (χ2n) is 6.54. The van der Waals surface area contributed by atoms with Gasteiger partial charge in [0.1, 0.15) is 5.82 Å². The highest BCUT2D eigenvalue weighted by molar-refractivity contribution is 14.0. The van der Waals surface area contributed by atoms with Gasteiger partial charge in [-0.05, 0) is 42.2 Å². The van der Waals surface area contributed by atoms with Crippen molar-refractivity contribution in [2.75, 3.05) is 27.2 Å². The van der Waals surface area contributed by atoms with E-state index in [1.165, 1.54) is 17.0 Å². The van der Waals surface area contributed by atoms with Crippen LogP contribution in [0.5, 0.6) is 0 Å². The Labute approximate surface area is 183 Å². The Balaban J connectivity index is 0.00000392. The van der Waals surface area contributed by atoms with Gasteiger partial charge in [-0.3, -0.25) is 4.79 Å². The van der Waals surface area contributed by atoms with Gasteiger partial charge in [0.05, 0.1) is 13.1 Å². The van der Waals surface area contributed by atoms with Crippen LogP contribution >= 0.6 is 24.0 Å². The molecule has 0 atom stereocenters. The second-order valence-corrected chi connectivity index (χ2v) is 6.54. The molecule has 0 bridgehead atoms. The maximum Gasteiger partial charge on any atom is 0.241 e. The van der Waals surface area contributed by atoms with E-state index in [2.05, 4.69) is 15.6 Å². The van der Waals surface area contributed by atoms with Crippen molar-refractivity contribution in [3.63, 3.8) is 0 Å². The van der Waals surface area contributed by atoms with Gasteiger partial charge in [-0.15, -0.1) is 24.0 Å². The normalized spacial score (nSPS) is 10.8. The fourth-order valence-corrected chi connectivity index (χ4v) is 2.50. The molecule has 2 rings (SSSR count). The number of halogens is 2. The molecular formula is C21H28FIN4O. The van der Waals surface area contributed by atoms with E-state index in [1.54, 1.807) is 20.2 Å². The van der Waals surface area contributed by atoms with Gasteiger partial charge >= 0.3 is 0 Å². The van der Waals surface area contributed by atoms with Crippen molar-refractivity contribution in [3.05, 3.63) is 71.0 Å². The van der Waals surface area contributed by atoms with Gasteiger partial charge in [0.25, 0.3) is 0 Å². The minimum atomic E-state index is -0.224. The molecule has 0 aromatic heterocycles. The fourth-order valence-electron chi connectivity index (χ4n) is 2.50. The Bertz CT molecular complexity index is 781. The summed E-state index contributed by atoms with van der Waals surface area (Å²) in [4.78, 5) is 17.9. The first-order valence-corrected chi connectivity index (χ1v) is 8.97. The summed E-state index contributed by atoms with van der Waals surface area (Å²) in [7, 11) is 3.44. The van der Waals surface area contributed by atoms with Gasteiger partial charge in [-0.25, -0.2) is 9.38 Å². The van der Waals surface area contributed by atoms with Crippen LogP contribution in [0.4, 0.5) is 4.39 Å². The molecule has 0 aliphatic carbocycles. The van der Waals surface area contributed by atoms with Crippen molar-refractivity contribution in [3.8, 4) is 0 Å². The van der Waals surface area contributed by atoms with E-state index in [-0.39, 0.29) is 42.2 Å². The third-order valence-corrected chi connectivity index (χ3v) is 4.16. The molecule has 2 aromatic rings. The summed E-state index contributed by atoms with van der Waals surface area (Å²) < 4.78 is 13.2. The number of aryl methyl sites for hydroxylation is 1. The third-order valence-electron chi connectivity index (χ3n) is 4.16. The van der Waals surface area contributed by atoms with Gasteiger partial charge in [0.2, 0.25) is 5.91 Å². The molecule has 1 amide bonds. The number of benzene rings is 2. The number of hydrogen-bond acceptors (Lipinski definition) is 2. The number of likely N-dealkylation sites (N-methyl/N-ethyl adjacent to an activating group) is 1. The Morgan fingerprint density at radius 3 is 2.46 bits per heavy atom. The second kappa shape index (κ2) is 12.3. The molecule has 0 saturated heterocycles. The zero-order valence-corrected chi connectivity index (χ0v) is 18.9. The van der Waals surface area contributed by atoms with Crippen molar-refractivity contribution in [1.29, 1.82) is 0 Å². The fraction of sp³-hybridized carbons (Fsp3) is 0.333. The van der Waals surface area contributed by atoms with E-state index in [4.69, 9.17) is 0 Å². The summed E-state index contributed by atoms with van der Waals surface area (Å²) in [6, 6.07) is 14.7. The maximum absolute atomic E-state index is 13.2. The number of amides is 1. The maximum atomic E-state index is 13.2. The molecule has 0 radical (unpaired) electrons. The molecule has 0 fully saturated rings. The van der Waals surface area contributed by atoms with Crippen LogP contribution in [0.15, 0.2) is 53.5 Å². The Morgan fingerprint density at radius 1 is 1.11 bits per heavy atom. The molecule has 28 heavy (non-hydrogen) atoms. The smallest absolute Gasteiger partial charge is 0.241 e. The molecule has 0 aliphatic rings. The largest absolute Gasteiger partial charge is 0.356 e. The number of rotatable bonds is 7. The number of aliphatic imine (C=N–C) groups is 1. The van der Waals surface area contributed by atoms with Crippen molar-refractivity contribution in [2.45, 2.75) is 19.9 Å². The van der Waals surface area contributed by atoms with Crippen LogP contribution in [-0.2, 0) is 17.8 Å². The van der Waals surface area contributed by atoms with Crippen LogP contribution in [0, 0.1) is 12.7 Å². The lowest BCUT2D eigenvalue weighted by Crippen LogP contribution is -2.43. The first-order chi connectivity index (χ1) is 13.0. The van der Waals surface area contributed by atoms with E-state index in [1.807, 2.05) is 37.3 Å². The number of guanidine groups is 1. The average molecular weight is 498 g/mol. The minimum absolute atomic E-state index is 0. The van der Waals surface area contributed by atoms with E-state index < -0.39 is 0 Å². The van der Waals surface area contributed by atoms with Gasteiger partial charge in [0, 0.05) is 20.6 Å². The van der Waals surface area contributed by atoms with Crippen LogP contribution in [0.1, 0.15) is 16.7 Å². The van der Waals surface area contributed by atoms with Gasteiger partial charge < -0.3 is 15.5 Å². The Kier molecular flexibility index (Phi) is 10.5. The zero-order valence-electron chi connectivity index (χ0n) is 16.5. The van der Waals surface area contributed by atoms with E-state index in [9.17, 15) is 9.18 Å². The molecule has 7 heteroatoms. The first-order valence-electron chi connectivity index (χ1n) is 8.97. The third kappa shape index (κ3) is 8.24. The van der Waals surface area contributed by atoms with Gasteiger partial charge in [-0.1, -0.05) is 36.4 Å². The minimum Gasteiger partial charge on any atom is -0.356 e. The highest BCUT2D eigenvalue weighted by Gasteiger charge is 2.06. The van der Waals surface area contributed by atoms with Crippen LogP contribution in [0.2, 0.25) is 0 Å². The summed E-state index contributed by atoms with van der Waals surface area (Å²) in [5, 5.41) is 6.32. The molecule has 0 aliphatic heterocycles. The molecule has 152 valence electrons. The lowest BCUT2D eigenvalue weighted by atomic mass is 10.1. The number of carbonyl (C=O) groups excluding carboxylic acids is 1. The van der Waals surface area contributed by atoms with E-state index in [0.717, 1.165) is 23.1 Å². The summed E-state index contributed by atoms with van der Waals surface area (Å²) in [5.41, 5.74) is 3.10. The van der Waals surface area contributed by atoms with Crippen molar-refractivity contribution in [2.24, 2.45) is 4.99 Å². The van der Waals surface area contributed by atoms with Crippen LogP contribution < -0.4 is 10.6 Å². The molecular weight excluding hydrogens is 470 g/mol. The number of carbonyl (C=O) groups is 1. The van der Waals surface area contributed by atoms with Crippen molar-refractivity contribution < 1.29 is 9.18 Å². The molecule has 0 spiro atoms. The van der Waals surface area contributed by atoms with Crippen molar-refractivity contribution >= 4 is 35.8 Å². The quantitative estimate of drug-likeness (QED) is 0.351. The molecule has 2 N–H and O–H groups in total. The molecule has 0 unspecified atom stereocenters. The predicted molar refractivity (Wildman–Crippen MR) is 123 cm³/mol. The summed E-state index contributed by atoms with van der Waals surface area (Å²) >= 11 is 0. The highest BCUT2D eigenvalue weighted by atomic mass is 127. The monoisotopic (exact) mass is 498 g/mol. The first kappa shape index (κ1) is 23.9.